The van der Waals surface area contributed by atoms with Gasteiger partial charge in [-0.25, -0.2) is 0 Å². The smallest absolute Gasteiger partial charge is 0.101 e. The fourth-order valence-corrected chi connectivity index (χ4v) is 2.13. The number of benzene rings is 1. The minimum atomic E-state index is 0.656. The maximum absolute atomic E-state index is 9.22. The van der Waals surface area contributed by atoms with Crippen LogP contribution in [0.4, 0.5) is 11.4 Å². The minimum Gasteiger partial charge on any atom is -0.399 e. The van der Waals surface area contributed by atoms with E-state index in [1.54, 1.807) is 18.5 Å². The maximum atomic E-state index is 9.22. The molecule has 0 aliphatic carbocycles. The van der Waals surface area contributed by atoms with Gasteiger partial charge in [-0.1, -0.05) is 19.1 Å². The number of nitrogens with zero attached hydrogens (tertiary/aromatic N) is 3. The van der Waals surface area contributed by atoms with Gasteiger partial charge in [0.2, 0.25) is 0 Å². The van der Waals surface area contributed by atoms with Crippen molar-refractivity contribution in [2.45, 2.75) is 19.9 Å². The van der Waals surface area contributed by atoms with Crippen LogP contribution >= 0.6 is 0 Å². The van der Waals surface area contributed by atoms with Gasteiger partial charge in [-0.2, -0.15) is 5.26 Å². The molecular formula is C16H18N4. The van der Waals surface area contributed by atoms with Crippen molar-refractivity contribution in [1.82, 2.24) is 4.98 Å². The van der Waals surface area contributed by atoms with Crippen molar-refractivity contribution in [3.8, 4) is 6.07 Å². The minimum absolute atomic E-state index is 0.656. The Balaban J connectivity index is 2.27. The zero-order chi connectivity index (χ0) is 14.4. The highest BCUT2D eigenvalue weighted by Crippen LogP contribution is 2.21. The number of rotatable bonds is 5. The van der Waals surface area contributed by atoms with E-state index in [4.69, 9.17) is 5.73 Å². The molecule has 0 fully saturated rings. The van der Waals surface area contributed by atoms with Gasteiger partial charge in [-0.15, -0.1) is 0 Å². The van der Waals surface area contributed by atoms with Crippen molar-refractivity contribution in [3.63, 3.8) is 0 Å². The standard InChI is InChI=1S/C16H18N4/c1-2-9-20(12-13-3-5-15(18)6-4-13)16-11-19-8-7-14(16)10-17/h3-8,11H,2,9,12,18H2,1H3. The third-order valence-electron chi connectivity index (χ3n) is 3.11. The lowest BCUT2D eigenvalue weighted by atomic mass is 10.1. The van der Waals surface area contributed by atoms with Crippen LogP contribution in [0.3, 0.4) is 0 Å². The van der Waals surface area contributed by atoms with Gasteiger partial charge in [0.15, 0.2) is 0 Å². The summed E-state index contributed by atoms with van der Waals surface area (Å²) in [5, 5.41) is 9.22. The third kappa shape index (κ3) is 3.27. The zero-order valence-electron chi connectivity index (χ0n) is 11.6. The van der Waals surface area contributed by atoms with E-state index >= 15 is 0 Å². The molecule has 1 heterocycles. The van der Waals surface area contributed by atoms with Crippen molar-refractivity contribution in [2.24, 2.45) is 0 Å². The van der Waals surface area contributed by atoms with Gasteiger partial charge < -0.3 is 10.6 Å². The number of nitriles is 1. The Morgan fingerprint density at radius 3 is 2.65 bits per heavy atom. The van der Waals surface area contributed by atoms with Crippen molar-refractivity contribution >= 4 is 11.4 Å². The summed E-state index contributed by atoms with van der Waals surface area (Å²) >= 11 is 0. The Hall–Kier alpha value is -2.54. The number of aromatic nitrogens is 1. The predicted octanol–water partition coefficient (Wildman–Crippen LogP) is 2.95. The molecule has 102 valence electrons. The van der Waals surface area contributed by atoms with E-state index in [9.17, 15) is 5.26 Å². The largest absolute Gasteiger partial charge is 0.399 e. The monoisotopic (exact) mass is 266 g/mol. The van der Waals surface area contributed by atoms with Gasteiger partial charge in [0, 0.05) is 25.0 Å². The first kappa shape index (κ1) is 13.9. The van der Waals surface area contributed by atoms with Crippen LogP contribution in [0.1, 0.15) is 24.5 Å². The summed E-state index contributed by atoms with van der Waals surface area (Å²) in [6.45, 7) is 3.75. The summed E-state index contributed by atoms with van der Waals surface area (Å²) in [6, 6.07) is 11.8. The second-order valence-corrected chi connectivity index (χ2v) is 4.67. The summed E-state index contributed by atoms with van der Waals surface area (Å²) in [7, 11) is 0. The second kappa shape index (κ2) is 6.58. The highest BCUT2D eigenvalue weighted by molar-refractivity contribution is 5.58. The van der Waals surface area contributed by atoms with Crippen LogP contribution in [0, 0.1) is 11.3 Å². The van der Waals surface area contributed by atoms with E-state index in [1.165, 1.54) is 5.56 Å². The van der Waals surface area contributed by atoms with Gasteiger partial charge in [0.1, 0.15) is 6.07 Å². The quantitative estimate of drug-likeness (QED) is 0.845. The first-order valence-corrected chi connectivity index (χ1v) is 6.68. The van der Waals surface area contributed by atoms with Crippen LogP contribution < -0.4 is 10.6 Å². The summed E-state index contributed by atoms with van der Waals surface area (Å²) < 4.78 is 0. The molecular weight excluding hydrogens is 248 g/mol. The summed E-state index contributed by atoms with van der Waals surface area (Å²) in [5.41, 5.74) is 9.17. The Morgan fingerprint density at radius 2 is 2.00 bits per heavy atom. The summed E-state index contributed by atoms with van der Waals surface area (Å²) in [5.74, 6) is 0. The zero-order valence-corrected chi connectivity index (χ0v) is 11.6. The lowest BCUT2D eigenvalue weighted by Gasteiger charge is -2.25. The number of anilines is 2. The predicted molar refractivity (Wildman–Crippen MR) is 81.1 cm³/mol. The highest BCUT2D eigenvalue weighted by Gasteiger charge is 2.11. The average molecular weight is 266 g/mol. The van der Waals surface area contributed by atoms with Gasteiger partial charge in [0.05, 0.1) is 17.4 Å². The molecule has 0 saturated heterocycles. The molecule has 1 aromatic heterocycles. The molecule has 0 saturated carbocycles. The molecule has 2 N–H and O–H groups in total. The number of nitrogen functional groups attached to an aromatic ring is 1. The van der Waals surface area contributed by atoms with Crippen LogP contribution in [-0.2, 0) is 6.54 Å². The van der Waals surface area contributed by atoms with Crippen LogP contribution in [0.15, 0.2) is 42.7 Å². The van der Waals surface area contributed by atoms with Crippen molar-refractivity contribution in [2.75, 3.05) is 17.2 Å². The lowest BCUT2D eigenvalue weighted by Crippen LogP contribution is -2.24. The molecule has 4 nitrogen and oxygen atoms in total. The number of hydrogen-bond donors (Lipinski definition) is 1. The molecule has 0 amide bonds. The normalized spacial score (nSPS) is 10.0. The van der Waals surface area contributed by atoms with E-state index in [0.29, 0.717) is 5.56 Å². The number of nitrogens with two attached hydrogens (primary N) is 1. The molecule has 2 rings (SSSR count). The second-order valence-electron chi connectivity index (χ2n) is 4.67. The number of hydrogen-bond acceptors (Lipinski definition) is 4. The fraction of sp³-hybridized carbons (Fsp3) is 0.250. The average Bonchev–Trinajstić information content (AvgIpc) is 2.49. The highest BCUT2D eigenvalue weighted by atomic mass is 15.1. The Bertz CT molecular complexity index is 599. The van der Waals surface area contributed by atoms with Crippen LogP contribution in [-0.4, -0.2) is 11.5 Å². The molecule has 20 heavy (non-hydrogen) atoms. The molecule has 0 spiro atoms. The van der Waals surface area contributed by atoms with Crippen LogP contribution in [0.25, 0.3) is 0 Å². The molecule has 0 atom stereocenters. The Labute approximate surface area is 119 Å². The van der Waals surface area contributed by atoms with Gasteiger partial charge in [-0.05, 0) is 30.2 Å². The maximum Gasteiger partial charge on any atom is 0.101 e. The first-order chi connectivity index (χ1) is 9.74. The molecule has 4 heteroatoms. The van der Waals surface area contributed by atoms with Gasteiger partial charge in [-0.3, -0.25) is 4.98 Å². The molecule has 0 aliphatic rings. The van der Waals surface area contributed by atoms with Crippen LogP contribution in [0.2, 0.25) is 0 Å². The molecule has 2 aromatic rings. The van der Waals surface area contributed by atoms with E-state index in [-0.39, 0.29) is 0 Å². The Morgan fingerprint density at radius 1 is 1.25 bits per heavy atom. The van der Waals surface area contributed by atoms with Crippen molar-refractivity contribution in [1.29, 1.82) is 5.26 Å². The van der Waals surface area contributed by atoms with Crippen molar-refractivity contribution < 1.29 is 0 Å². The summed E-state index contributed by atoms with van der Waals surface area (Å²) in [4.78, 5) is 6.32. The van der Waals surface area contributed by atoms with Gasteiger partial charge >= 0.3 is 0 Å². The molecule has 1 aromatic carbocycles. The van der Waals surface area contributed by atoms with E-state index in [2.05, 4.69) is 22.9 Å². The van der Waals surface area contributed by atoms with Crippen molar-refractivity contribution in [3.05, 3.63) is 53.9 Å². The SMILES string of the molecule is CCCN(Cc1ccc(N)cc1)c1cnccc1C#N. The molecule has 0 bridgehead atoms. The topological polar surface area (TPSA) is 65.9 Å². The lowest BCUT2D eigenvalue weighted by molar-refractivity contribution is 0.764. The molecule has 0 unspecified atom stereocenters. The third-order valence-corrected chi connectivity index (χ3v) is 3.11. The van der Waals surface area contributed by atoms with E-state index in [1.807, 2.05) is 24.3 Å². The summed E-state index contributed by atoms with van der Waals surface area (Å²) in [6.07, 6.45) is 4.41. The fourth-order valence-electron chi connectivity index (χ4n) is 2.13. The van der Waals surface area contributed by atoms with E-state index < -0.39 is 0 Å². The van der Waals surface area contributed by atoms with Gasteiger partial charge in [0.25, 0.3) is 0 Å². The first-order valence-electron chi connectivity index (χ1n) is 6.68. The number of pyridine rings is 1. The van der Waals surface area contributed by atoms with E-state index in [0.717, 1.165) is 30.9 Å². The molecule has 0 aliphatic heterocycles. The van der Waals surface area contributed by atoms with Crippen LogP contribution in [0.5, 0.6) is 0 Å². The Kier molecular flexibility index (Phi) is 4.56. The molecule has 0 radical (unpaired) electrons.